The predicted octanol–water partition coefficient (Wildman–Crippen LogP) is -3.90. The summed E-state index contributed by atoms with van der Waals surface area (Å²) in [6.07, 6.45) is 0. The molecule has 12 aliphatic rings. The number of hydrogen-bond acceptors (Lipinski definition) is 2. The topological polar surface area (TPSA) is 106 Å². The minimum Gasteiger partial charge on any atom is -0.341 e. The standard InChI is InChI=1S/C36H54N8/c1-2-32-4-3-31(1)25-37-13-19-43-21-15-39-27-33-5-9-35(10-6-33)29-41-17-23-44(20-14-38-26-32)24-18-42-30-36-11-7-34(8-12-36)28-40-16-22-43/h1-12,37-42H,13-30H2/p+6. The number of rotatable bonds is 0. The highest BCUT2D eigenvalue weighted by Crippen LogP contribution is 2.04. The third-order valence-electron chi connectivity index (χ3n) is 9.25. The predicted molar refractivity (Wildman–Crippen MR) is 175 cm³/mol. The van der Waals surface area contributed by atoms with E-state index in [2.05, 4.69) is 114 Å². The van der Waals surface area contributed by atoms with Crippen molar-refractivity contribution in [1.82, 2.24) is 9.80 Å². The molecule has 15 rings (SSSR count). The molecule has 8 nitrogen and oxygen atoms in total. The summed E-state index contributed by atoms with van der Waals surface area (Å²) < 4.78 is 0. The van der Waals surface area contributed by atoms with Crippen molar-refractivity contribution >= 4 is 0 Å². The van der Waals surface area contributed by atoms with E-state index in [0.29, 0.717) is 0 Å². The van der Waals surface area contributed by atoms with Gasteiger partial charge in [-0.2, -0.15) is 0 Å². The Kier molecular flexibility index (Phi) is 14.1. The van der Waals surface area contributed by atoms with Crippen molar-refractivity contribution in [1.29, 1.82) is 0 Å². The van der Waals surface area contributed by atoms with E-state index in [1.54, 1.807) is 0 Å². The number of hydrogen-bond donors (Lipinski definition) is 6. The Morgan fingerprint density at radius 3 is 0.591 bits per heavy atom. The van der Waals surface area contributed by atoms with Gasteiger partial charge in [-0.15, -0.1) is 0 Å². The van der Waals surface area contributed by atoms with E-state index in [-0.39, 0.29) is 0 Å². The Hall–Kier alpha value is -2.66. The minimum atomic E-state index is 1.06. The first kappa shape index (κ1) is 32.7. The zero-order valence-corrected chi connectivity index (χ0v) is 27.0. The lowest BCUT2D eigenvalue weighted by atomic mass is 10.1. The van der Waals surface area contributed by atoms with Gasteiger partial charge in [0.1, 0.15) is 39.3 Å². The van der Waals surface area contributed by atoms with Crippen LogP contribution in [0.5, 0.6) is 0 Å². The van der Waals surface area contributed by atoms with Crippen LogP contribution in [0.2, 0.25) is 0 Å². The quantitative estimate of drug-likeness (QED) is 0.158. The fraction of sp³-hybridized carbons (Fsp3) is 0.500. The lowest BCUT2D eigenvalue weighted by Crippen LogP contribution is -2.87. The molecule has 0 amide bonds. The Morgan fingerprint density at radius 2 is 0.432 bits per heavy atom. The molecular formula is C36H60N8+6. The van der Waals surface area contributed by atoms with Gasteiger partial charge in [-0.05, 0) is 0 Å². The summed E-state index contributed by atoms with van der Waals surface area (Å²) in [6, 6.07) is 28.1. The molecule has 3 aromatic rings. The summed E-state index contributed by atoms with van der Waals surface area (Å²) in [5.41, 5.74) is 8.59. The van der Waals surface area contributed by atoms with Gasteiger partial charge in [-0.3, -0.25) is 9.80 Å². The van der Waals surface area contributed by atoms with E-state index >= 15 is 0 Å². The maximum absolute atomic E-state index is 2.68. The third-order valence-corrected chi connectivity index (χ3v) is 9.25. The van der Waals surface area contributed by atoms with Gasteiger partial charge < -0.3 is 31.9 Å². The van der Waals surface area contributed by atoms with Crippen molar-refractivity contribution in [3.63, 3.8) is 0 Å². The molecule has 0 aliphatic carbocycles. The van der Waals surface area contributed by atoms with Gasteiger partial charge in [0.2, 0.25) is 0 Å². The van der Waals surface area contributed by atoms with Crippen molar-refractivity contribution in [3.05, 3.63) is 106 Å². The molecule has 8 heteroatoms. The van der Waals surface area contributed by atoms with Crippen LogP contribution in [0, 0.1) is 0 Å². The van der Waals surface area contributed by atoms with Crippen LogP contribution in [0.4, 0.5) is 0 Å². The Bertz CT molecular complexity index is 938. The first-order valence-electron chi connectivity index (χ1n) is 17.4. The molecule has 0 spiro atoms. The minimum absolute atomic E-state index is 1.06. The van der Waals surface area contributed by atoms with Crippen molar-refractivity contribution in [3.8, 4) is 0 Å². The molecule has 0 fully saturated rings. The first-order valence-corrected chi connectivity index (χ1v) is 17.4. The second-order valence-electron chi connectivity index (χ2n) is 12.8. The summed E-state index contributed by atoms with van der Waals surface area (Å²) in [6.45, 7) is 20.1. The average Bonchev–Trinajstić information content (AvgIpc) is 3.05. The van der Waals surface area contributed by atoms with Gasteiger partial charge >= 0.3 is 0 Å². The molecule has 238 valence electrons. The van der Waals surface area contributed by atoms with Crippen molar-refractivity contribution in [2.75, 3.05) is 78.5 Å². The summed E-state index contributed by atoms with van der Waals surface area (Å²) in [5, 5.41) is 14.9. The smallest absolute Gasteiger partial charge is 0.101 e. The van der Waals surface area contributed by atoms with Gasteiger partial charge in [-0.1, -0.05) is 72.8 Å². The molecule has 12 N–H and O–H groups in total. The Labute approximate surface area is 265 Å². The van der Waals surface area contributed by atoms with Crippen LogP contribution < -0.4 is 31.9 Å². The summed E-state index contributed by atoms with van der Waals surface area (Å²) in [5.74, 6) is 0. The summed E-state index contributed by atoms with van der Waals surface area (Å²) in [4.78, 5) is 5.35. The zero-order valence-electron chi connectivity index (χ0n) is 27.0. The van der Waals surface area contributed by atoms with Crippen molar-refractivity contribution < 1.29 is 31.9 Å². The van der Waals surface area contributed by atoms with Crippen LogP contribution in [0.1, 0.15) is 33.4 Å². The van der Waals surface area contributed by atoms with Crippen LogP contribution >= 0.6 is 0 Å². The van der Waals surface area contributed by atoms with Crippen LogP contribution in [0.25, 0.3) is 0 Å². The van der Waals surface area contributed by atoms with Crippen LogP contribution in [-0.4, -0.2) is 88.3 Å². The van der Waals surface area contributed by atoms with E-state index in [0.717, 1.165) is 118 Å². The molecule has 0 saturated heterocycles. The maximum Gasteiger partial charge on any atom is 0.101 e. The summed E-state index contributed by atoms with van der Waals surface area (Å²) >= 11 is 0. The fourth-order valence-corrected chi connectivity index (χ4v) is 6.36. The lowest BCUT2D eigenvalue weighted by Gasteiger charge is -2.20. The van der Waals surface area contributed by atoms with Crippen LogP contribution in [-0.2, 0) is 39.3 Å². The van der Waals surface area contributed by atoms with E-state index in [1.807, 2.05) is 0 Å². The lowest BCUT2D eigenvalue weighted by molar-refractivity contribution is -0.679. The van der Waals surface area contributed by atoms with E-state index in [4.69, 9.17) is 0 Å². The Morgan fingerprint density at radius 1 is 0.273 bits per heavy atom. The molecule has 12 aliphatic heterocycles. The highest BCUT2D eigenvalue weighted by atomic mass is 15.2. The maximum atomic E-state index is 2.68. The molecule has 0 aromatic heterocycles. The second kappa shape index (κ2) is 19.0. The second-order valence-corrected chi connectivity index (χ2v) is 12.8. The monoisotopic (exact) mass is 604 g/mol. The number of nitrogens with two attached hydrogens (primary N) is 6. The van der Waals surface area contributed by atoms with E-state index in [1.165, 1.54) is 33.4 Å². The Balaban J connectivity index is 1.27. The molecule has 0 unspecified atom stereocenters. The zero-order chi connectivity index (χ0) is 30.1. The molecule has 3 aromatic carbocycles. The SMILES string of the molecule is c1cc2ccc1C[NH2+]CCN1CC[NH2+]Cc3ccc(cc3)C[NH2+]CCN(CC[NH2+]C2)CC[NH2+]Cc2ccc(cc2)C[NH2+]CC1. The molecule has 0 atom stereocenters. The third kappa shape index (κ3) is 12.0. The van der Waals surface area contributed by atoms with Gasteiger partial charge in [0.05, 0.1) is 39.3 Å². The fourth-order valence-electron chi connectivity index (χ4n) is 6.36. The normalized spacial score (nSPS) is 22.6. The van der Waals surface area contributed by atoms with Crippen LogP contribution in [0.15, 0.2) is 72.8 Å². The molecule has 0 radical (unpaired) electrons. The number of quaternary nitrogens is 6. The summed E-state index contributed by atoms with van der Waals surface area (Å²) in [7, 11) is 0. The van der Waals surface area contributed by atoms with Gasteiger partial charge in [-0.25, -0.2) is 0 Å². The van der Waals surface area contributed by atoms with Crippen molar-refractivity contribution in [2.24, 2.45) is 0 Å². The van der Waals surface area contributed by atoms with E-state index < -0.39 is 0 Å². The molecule has 44 heavy (non-hydrogen) atoms. The van der Waals surface area contributed by atoms with E-state index in [9.17, 15) is 0 Å². The molecule has 12 heterocycles. The highest BCUT2D eigenvalue weighted by molar-refractivity contribution is 5.22. The number of benzene rings is 3. The molecule has 8 bridgehead atoms. The van der Waals surface area contributed by atoms with Gasteiger partial charge in [0.25, 0.3) is 0 Å². The molecule has 0 saturated carbocycles. The van der Waals surface area contributed by atoms with Gasteiger partial charge in [0.15, 0.2) is 0 Å². The van der Waals surface area contributed by atoms with Crippen molar-refractivity contribution in [2.45, 2.75) is 39.3 Å². The van der Waals surface area contributed by atoms with Crippen LogP contribution in [0.3, 0.4) is 0 Å². The average molecular weight is 605 g/mol. The first-order chi connectivity index (χ1) is 21.8. The molecular weight excluding hydrogens is 544 g/mol. The largest absolute Gasteiger partial charge is 0.341 e. The number of nitrogens with zero attached hydrogens (tertiary/aromatic N) is 2. The van der Waals surface area contributed by atoms with Gasteiger partial charge in [0, 0.05) is 72.6 Å². The highest BCUT2D eigenvalue weighted by Gasteiger charge is 2.11.